The number of urea groups is 1. The lowest BCUT2D eigenvalue weighted by atomic mass is 9.90. The third-order valence-electron chi connectivity index (χ3n) is 5.62. The molecule has 3 aromatic carbocycles. The van der Waals surface area contributed by atoms with Gasteiger partial charge in [-0.2, -0.15) is 0 Å². The smallest absolute Gasteiger partial charge is 0.325 e. The monoisotopic (exact) mass is 434 g/mol. The molecule has 3 amide bonds. The molecule has 32 heavy (non-hydrogen) atoms. The van der Waals surface area contributed by atoms with Crippen molar-refractivity contribution in [3.05, 3.63) is 66.2 Å². The van der Waals surface area contributed by atoms with E-state index in [0.29, 0.717) is 12.4 Å². The van der Waals surface area contributed by atoms with E-state index in [1.807, 2.05) is 55.5 Å². The molecular formula is C25H26N2O5. The van der Waals surface area contributed by atoms with Crippen LogP contribution < -0.4 is 19.5 Å². The second-order valence-electron chi connectivity index (χ2n) is 7.69. The first-order valence-electron chi connectivity index (χ1n) is 10.5. The van der Waals surface area contributed by atoms with Gasteiger partial charge in [-0.1, -0.05) is 18.2 Å². The van der Waals surface area contributed by atoms with Crippen molar-refractivity contribution in [2.75, 3.05) is 26.9 Å². The predicted molar refractivity (Wildman–Crippen MR) is 121 cm³/mol. The van der Waals surface area contributed by atoms with Crippen LogP contribution in [-0.2, 0) is 10.3 Å². The first-order valence-corrected chi connectivity index (χ1v) is 10.5. The van der Waals surface area contributed by atoms with Crippen LogP contribution in [0.2, 0.25) is 0 Å². The number of methoxy groups -OCH3 is 1. The molecule has 1 fully saturated rings. The van der Waals surface area contributed by atoms with Crippen molar-refractivity contribution in [3.8, 4) is 17.2 Å². The van der Waals surface area contributed by atoms with E-state index in [-0.39, 0.29) is 19.1 Å². The number of rotatable bonds is 8. The van der Waals surface area contributed by atoms with Crippen molar-refractivity contribution in [3.63, 3.8) is 0 Å². The zero-order valence-electron chi connectivity index (χ0n) is 18.4. The summed E-state index contributed by atoms with van der Waals surface area (Å²) < 4.78 is 16.4. The van der Waals surface area contributed by atoms with Gasteiger partial charge in [0, 0.05) is 0 Å². The second-order valence-corrected chi connectivity index (χ2v) is 7.69. The number of hydrogen-bond donors (Lipinski definition) is 1. The Morgan fingerprint density at radius 2 is 1.50 bits per heavy atom. The van der Waals surface area contributed by atoms with Crippen molar-refractivity contribution >= 4 is 22.7 Å². The van der Waals surface area contributed by atoms with Crippen LogP contribution >= 0.6 is 0 Å². The van der Waals surface area contributed by atoms with Crippen LogP contribution in [0, 0.1) is 0 Å². The number of amides is 3. The van der Waals surface area contributed by atoms with Crippen LogP contribution in [0.15, 0.2) is 60.7 Å². The Hall–Kier alpha value is -3.74. The molecule has 0 spiro atoms. The van der Waals surface area contributed by atoms with E-state index < -0.39 is 11.6 Å². The van der Waals surface area contributed by atoms with Crippen LogP contribution in [0.25, 0.3) is 10.8 Å². The zero-order chi connectivity index (χ0) is 22.7. The Labute approximate surface area is 186 Å². The number of fused-ring (bicyclic) bond motifs is 1. The summed E-state index contributed by atoms with van der Waals surface area (Å²) >= 11 is 0. The summed E-state index contributed by atoms with van der Waals surface area (Å²) in [6.07, 6.45) is 0. The topological polar surface area (TPSA) is 77.1 Å². The largest absolute Gasteiger partial charge is 0.497 e. The van der Waals surface area contributed by atoms with Gasteiger partial charge in [0.2, 0.25) is 0 Å². The number of imide groups is 1. The number of nitrogens with one attached hydrogen (secondary N) is 1. The highest BCUT2D eigenvalue weighted by Crippen LogP contribution is 2.32. The summed E-state index contributed by atoms with van der Waals surface area (Å²) in [5.74, 6) is 1.87. The molecule has 0 radical (unpaired) electrons. The van der Waals surface area contributed by atoms with Crippen molar-refractivity contribution in [2.45, 2.75) is 19.4 Å². The van der Waals surface area contributed by atoms with E-state index in [1.54, 1.807) is 26.2 Å². The molecule has 0 aromatic heterocycles. The van der Waals surface area contributed by atoms with Crippen molar-refractivity contribution in [1.29, 1.82) is 0 Å². The van der Waals surface area contributed by atoms with E-state index in [4.69, 9.17) is 14.2 Å². The summed E-state index contributed by atoms with van der Waals surface area (Å²) in [6, 6.07) is 18.2. The molecule has 1 heterocycles. The lowest BCUT2D eigenvalue weighted by molar-refractivity contribution is -0.131. The van der Waals surface area contributed by atoms with Gasteiger partial charge in [-0.05, 0) is 72.6 Å². The molecule has 1 atom stereocenters. The minimum Gasteiger partial charge on any atom is -0.497 e. The standard InChI is InChI=1S/C25H26N2O5/c1-4-31-20-9-11-21(12-10-20)32-14-13-27-23(28)25(2,26-24(27)29)19-7-5-18-16-22(30-3)8-6-17(18)15-19/h5-12,15-16H,4,13-14H2,1-3H3,(H,26,29)/t25-/m1/s1. The van der Waals surface area contributed by atoms with E-state index in [9.17, 15) is 9.59 Å². The van der Waals surface area contributed by atoms with Gasteiger partial charge < -0.3 is 19.5 Å². The van der Waals surface area contributed by atoms with Gasteiger partial charge in [-0.3, -0.25) is 9.69 Å². The Morgan fingerprint density at radius 1 is 0.875 bits per heavy atom. The summed E-state index contributed by atoms with van der Waals surface area (Å²) in [4.78, 5) is 27.0. The van der Waals surface area contributed by atoms with Crippen LogP contribution in [0.1, 0.15) is 19.4 Å². The first-order chi connectivity index (χ1) is 15.4. The highest BCUT2D eigenvalue weighted by atomic mass is 16.5. The fraction of sp³-hybridized carbons (Fsp3) is 0.280. The molecule has 0 saturated carbocycles. The highest BCUT2D eigenvalue weighted by Gasteiger charge is 2.48. The predicted octanol–water partition coefficient (Wildman–Crippen LogP) is 4.09. The number of carbonyl (C=O) groups excluding carboxylic acids is 2. The molecule has 0 unspecified atom stereocenters. The van der Waals surface area contributed by atoms with Gasteiger partial charge >= 0.3 is 6.03 Å². The average Bonchev–Trinajstić information content (AvgIpc) is 3.03. The van der Waals surface area contributed by atoms with E-state index in [1.165, 1.54) is 4.90 Å². The Balaban J connectivity index is 1.45. The lowest BCUT2D eigenvalue weighted by Gasteiger charge is -2.23. The molecule has 1 aliphatic heterocycles. The third-order valence-corrected chi connectivity index (χ3v) is 5.62. The fourth-order valence-corrected chi connectivity index (χ4v) is 3.81. The van der Waals surface area contributed by atoms with Gasteiger partial charge in [-0.25, -0.2) is 4.79 Å². The lowest BCUT2D eigenvalue weighted by Crippen LogP contribution is -2.41. The summed E-state index contributed by atoms with van der Waals surface area (Å²) in [5.41, 5.74) is -0.409. The van der Waals surface area contributed by atoms with Crippen molar-refractivity contribution in [2.24, 2.45) is 0 Å². The maximum absolute atomic E-state index is 13.2. The van der Waals surface area contributed by atoms with Crippen LogP contribution in [0.3, 0.4) is 0 Å². The maximum atomic E-state index is 13.2. The Kier molecular flexibility index (Phi) is 5.90. The Bertz CT molecular complexity index is 1140. The number of benzene rings is 3. The van der Waals surface area contributed by atoms with E-state index in [0.717, 1.165) is 27.8 Å². The van der Waals surface area contributed by atoms with E-state index >= 15 is 0 Å². The summed E-state index contributed by atoms with van der Waals surface area (Å²) in [6.45, 7) is 4.59. The quantitative estimate of drug-likeness (QED) is 0.541. The molecule has 0 bridgehead atoms. The van der Waals surface area contributed by atoms with Gasteiger partial charge in [0.25, 0.3) is 5.91 Å². The number of carbonyl (C=O) groups is 2. The van der Waals surface area contributed by atoms with Gasteiger partial charge in [0.1, 0.15) is 29.4 Å². The molecular weight excluding hydrogens is 408 g/mol. The van der Waals surface area contributed by atoms with Crippen LogP contribution in [0.5, 0.6) is 17.2 Å². The molecule has 7 heteroatoms. The zero-order valence-corrected chi connectivity index (χ0v) is 18.4. The van der Waals surface area contributed by atoms with Crippen LogP contribution in [0.4, 0.5) is 4.79 Å². The molecule has 3 aromatic rings. The fourth-order valence-electron chi connectivity index (χ4n) is 3.81. The van der Waals surface area contributed by atoms with Crippen molar-refractivity contribution in [1.82, 2.24) is 10.2 Å². The normalized spacial score (nSPS) is 18.0. The highest BCUT2D eigenvalue weighted by molar-refractivity contribution is 6.07. The molecule has 4 rings (SSSR count). The molecule has 1 aliphatic rings. The third kappa shape index (κ3) is 4.06. The Morgan fingerprint density at radius 3 is 2.19 bits per heavy atom. The van der Waals surface area contributed by atoms with Gasteiger partial charge in [0.05, 0.1) is 20.3 Å². The minimum absolute atomic E-state index is 0.151. The SMILES string of the molecule is CCOc1ccc(OCCN2C(=O)N[C@](C)(c3ccc4cc(OC)ccc4c3)C2=O)cc1. The second kappa shape index (κ2) is 8.78. The maximum Gasteiger partial charge on any atom is 0.325 e. The summed E-state index contributed by atoms with van der Waals surface area (Å²) in [5, 5.41) is 4.80. The molecule has 1 saturated heterocycles. The van der Waals surface area contributed by atoms with Gasteiger partial charge in [-0.15, -0.1) is 0 Å². The van der Waals surface area contributed by atoms with E-state index in [2.05, 4.69) is 5.32 Å². The molecule has 7 nitrogen and oxygen atoms in total. The summed E-state index contributed by atoms with van der Waals surface area (Å²) in [7, 11) is 1.62. The molecule has 166 valence electrons. The number of ether oxygens (including phenoxy) is 3. The number of nitrogens with zero attached hydrogens (tertiary/aromatic N) is 1. The number of hydrogen-bond acceptors (Lipinski definition) is 5. The molecule has 0 aliphatic carbocycles. The minimum atomic E-state index is -1.13. The van der Waals surface area contributed by atoms with Crippen molar-refractivity contribution < 1.29 is 23.8 Å². The average molecular weight is 434 g/mol. The molecule has 1 N–H and O–H groups in total. The first kappa shape index (κ1) is 21.5. The van der Waals surface area contributed by atoms with Gasteiger partial charge in [0.15, 0.2) is 0 Å². The van der Waals surface area contributed by atoms with Crippen LogP contribution in [-0.4, -0.2) is 43.7 Å².